The van der Waals surface area contributed by atoms with Gasteiger partial charge in [-0.05, 0) is 63.6 Å². The number of carbonyl (C=O) groups is 1. The molecule has 1 aromatic carbocycles. The van der Waals surface area contributed by atoms with Crippen LogP contribution in [0.3, 0.4) is 0 Å². The van der Waals surface area contributed by atoms with E-state index in [1.807, 2.05) is 45.0 Å². The Bertz CT molecular complexity index is 557. The first-order valence-corrected chi connectivity index (χ1v) is 8.61. The van der Waals surface area contributed by atoms with Crippen LogP contribution in [-0.4, -0.2) is 11.6 Å². The van der Waals surface area contributed by atoms with E-state index in [0.29, 0.717) is 17.9 Å². The van der Waals surface area contributed by atoms with Crippen LogP contribution < -0.4 is 0 Å². The number of nitriles is 1. The van der Waals surface area contributed by atoms with Gasteiger partial charge in [-0.1, -0.05) is 31.4 Å². The van der Waals surface area contributed by atoms with Crippen molar-refractivity contribution in [1.29, 1.82) is 5.26 Å². The maximum atomic E-state index is 12.7. The van der Waals surface area contributed by atoms with E-state index < -0.39 is 5.60 Å². The van der Waals surface area contributed by atoms with Crippen LogP contribution in [0.2, 0.25) is 0 Å². The van der Waals surface area contributed by atoms with Crippen molar-refractivity contribution < 1.29 is 9.53 Å². The number of esters is 1. The molecule has 1 unspecified atom stereocenters. The first-order chi connectivity index (χ1) is 10.9. The third-order valence-electron chi connectivity index (χ3n) is 4.47. The monoisotopic (exact) mass is 313 g/mol. The van der Waals surface area contributed by atoms with Gasteiger partial charge in [0.05, 0.1) is 17.6 Å². The minimum atomic E-state index is -0.450. The molecule has 0 saturated heterocycles. The number of hydrogen-bond donors (Lipinski definition) is 0. The fourth-order valence-corrected chi connectivity index (χ4v) is 3.33. The lowest BCUT2D eigenvalue weighted by atomic mass is 9.77. The highest BCUT2D eigenvalue weighted by Gasteiger charge is 2.33. The number of hydrogen-bond acceptors (Lipinski definition) is 3. The van der Waals surface area contributed by atoms with Crippen LogP contribution in [0.25, 0.3) is 0 Å². The zero-order valence-corrected chi connectivity index (χ0v) is 14.5. The fourth-order valence-electron chi connectivity index (χ4n) is 3.33. The summed E-state index contributed by atoms with van der Waals surface area (Å²) in [6.07, 6.45) is 6.61. The molecule has 1 fully saturated rings. The normalized spacial score (nSPS) is 17.3. The molecule has 1 atom stereocenters. The molecule has 3 nitrogen and oxygen atoms in total. The third kappa shape index (κ3) is 5.39. The molecule has 0 spiro atoms. The van der Waals surface area contributed by atoms with Crippen molar-refractivity contribution in [2.45, 2.75) is 64.9 Å². The highest BCUT2D eigenvalue weighted by Crippen LogP contribution is 2.33. The fraction of sp³-hybridized carbons (Fsp3) is 0.600. The summed E-state index contributed by atoms with van der Waals surface area (Å²) >= 11 is 0. The Hall–Kier alpha value is -1.82. The second kappa shape index (κ2) is 7.64. The molecule has 2 rings (SSSR count). The van der Waals surface area contributed by atoms with Gasteiger partial charge in [0.25, 0.3) is 0 Å². The number of carbonyl (C=O) groups excluding carboxylic acids is 1. The van der Waals surface area contributed by atoms with Gasteiger partial charge in [-0.25, -0.2) is 0 Å². The van der Waals surface area contributed by atoms with Crippen LogP contribution in [0.15, 0.2) is 24.3 Å². The molecular formula is C20H27NO2. The van der Waals surface area contributed by atoms with Gasteiger partial charge in [0, 0.05) is 0 Å². The summed E-state index contributed by atoms with van der Waals surface area (Å²) in [5, 5.41) is 8.91. The third-order valence-corrected chi connectivity index (χ3v) is 4.47. The molecule has 1 aliphatic carbocycles. The van der Waals surface area contributed by atoms with Crippen molar-refractivity contribution in [1.82, 2.24) is 0 Å². The van der Waals surface area contributed by atoms with E-state index in [0.717, 1.165) is 18.4 Å². The summed E-state index contributed by atoms with van der Waals surface area (Å²) in [5.41, 5.74) is 1.31. The second-order valence-electron chi connectivity index (χ2n) is 7.55. The van der Waals surface area contributed by atoms with Gasteiger partial charge in [-0.15, -0.1) is 0 Å². The number of nitrogens with zero attached hydrogens (tertiary/aromatic N) is 1. The SMILES string of the molecule is CC(C)(C)OC(=O)C(Cc1ccc(C#N)cc1)C1CCCCC1. The van der Waals surface area contributed by atoms with Gasteiger partial charge in [-0.3, -0.25) is 4.79 Å². The molecule has 0 radical (unpaired) electrons. The second-order valence-corrected chi connectivity index (χ2v) is 7.55. The summed E-state index contributed by atoms with van der Waals surface area (Å²) in [6, 6.07) is 9.69. The quantitative estimate of drug-likeness (QED) is 0.761. The number of rotatable bonds is 4. The van der Waals surface area contributed by atoms with E-state index in [2.05, 4.69) is 6.07 Å². The van der Waals surface area contributed by atoms with Crippen LogP contribution in [0.5, 0.6) is 0 Å². The molecule has 1 aromatic rings. The van der Waals surface area contributed by atoms with E-state index in [4.69, 9.17) is 10.00 Å². The van der Waals surface area contributed by atoms with Crippen LogP contribution in [0, 0.1) is 23.2 Å². The van der Waals surface area contributed by atoms with E-state index in [1.165, 1.54) is 19.3 Å². The first kappa shape index (κ1) is 17.5. The van der Waals surface area contributed by atoms with Gasteiger partial charge in [0.2, 0.25) is 0 Å². The van der Waals surface area contributed by atoms with E-state index in [1.54, 1.807) is 0 Å². The van der Waals surface area contributed by atoms with E-state index in [-0.39, 0.29) is 11.9 Å². The maximum Gasteiger partial charge on any atom is 0.310 e. The molecule has 0 bridgehead atoms. The highest BCUT2D eigenvalue weighted by molar-refractivity contribution is 5.73. The van der Waals surface area contributed by atoms with Crippen LogP contribution in [0.4, 0.5) is 0 Å². The molecule has 0 aliphatic heterocycles. The van der Waals surface area contributed by atoms with Crippen molar-refractivity contribution in [3.05, 3.63) is 35.4 Å². The minimum Gasteiger partial charge on any atom is -0.460 e. The highest BCUT2D eigenvalue weighted by atomic mass is 16.6. The van der Waals surface area contributed by atoms with Crippen molar-refractivity contribution in [2.75, 3.05) is 0 Å². The lowest BCUT2D eigenvalue weighted by Gasteiger charge is -2.31. The molecule has 3 heteroatoms. The minimum absolute atomic E-state index is 0.0752. The Labute approximate surface area is 139 Å². The van der Waals surface area contributed by atoms with Crippen molar-refractivity contribution >= 4 is 5.97 Å². The van der Waals surface area contributed by atoms with Crippen LogP contribution in [-0.2, 0) is 16.0 Å². The topological polar surface area (TPSA) is 50.1 Å². The van der Waals surface area contributed by atoms with Gasteiger partial charge in [0.1, 0.15) is 5.60 Å². The Kier molecular flexibility index (Phi) is 5.82. The lowest BCUT2D eigenvalue weighted by molar-refractivity contribution is -0.162. The molecular weight excluding hydrogens is 286 g/mol. The summed E-state index contributed by atoms with van der Waals surface area (Å²) in [5.74, 6) is 0.255. The van der Waals surface area contributed by atoms with Crippen LogP contribution in [0.1, 0.15) is 64.0 Å². The average molecular weight is 313 g/mol. The smallest absolute Gasteiger partial charge is 0.310 e. The Morgan fingerprint density at radius 3 is 2.35 bits per heavy atom. The Morgan fingerprint density at radius 1 is 1.22 bits per heavy atom. The molecule has 1 saturated carbocycles. The predicted octanol–water partition coefficient (Wildman–Crippen LogP) is 4.64. The molecule has 0 N–H and O–H groups in total. The molecule has 0 heterocycles. The average Bonchev–Trinajstić information content (AvgIpc) is 2.52. The van der Waals surface area contributed by atoms with Gasteiger partial charge in [-0.2, -0.15) is 5.26 Å². The summed E-state index contributed by atoms with van der Waals surface area (Å²) in [6.45, 7) is 5.76. The summed E-state index contributed by atoms with van der Waals surface area (Å²) < 4.78 is 5.68. The van der Waals surface area contributed by atoms with E-state index in [9.17, 15) is 4.79 Å². The first-order valence-electron chi connectivity index (χ1n) is 8.61. The molecule has 0 aromatic heterocycles. The number of benzene rings is 1. The van der Waals surface area contributed by atoms with E-state index >= 15 is 0 Å². The number of ether oxygens (including phenoxy) is 1. The molecule has 1 aliphatic rings. The lowest BCUT2D eigenvalue weighted by Crippen LogP contribution is -2.34. The van der Waals surface area contributed by atoms with Gasteiger partial charge >= 0.3 is 5.97 Å². The zero-order chi connectivity index (χ0) is 16.9. The zero-order valence-electron chi connectivity index (χ0n) is 14.5. The standard InChI is InChI=1S/C20H27NO2/c1-20(2,3)23-19(22)18(17-7-5-4-6-8-17)13-15-9-11-16(14-21)12-10-15/h9-12,17-18H,4-8,13H2,1-3H3. The summed E-state index contributed by atoms with van der Waals surface area (Å²) in [7, 11) is 0. The largest absolute Gasteiger partial charge is 0.460 e. The van der Waals surface area contributed by atoms with Gasteiger partial charge in [0.15, 0.2) is 0 Å². The van der Waals surface area contributed by atoms with Crippen molar-refractivity contribution in [2.24, 2.45) is 11.8 Å². The predicted molar refractivity (Wildman–Crippen MR) is 90.8 cm³/mol. The molecule has 0 amide bonds. The molecule has 124 valence electrons. The Morgan fingerprint density at radius 2 is 1.83 bits per heavy atom. The molecule has 23 heavy (non-hydrogen) atoms. The van der Waals surface area contributed by atoms with Crippen molar-refractivity contribution in [3.8, 4) is 6.07 Å². The van der Waals surface area contributed by atoms with Gasteiger partial charge < -0.3 is 4.74 Å². The Balaban J connectivity index is 2.14. The maximum absolute atomic E-state index is 12.7. The summed E-state index contributed by atoms with van der Waals surface area (Å²) in [4.78, 5) is 12.7. The van der Waals surface area contributed by atoms with Crippen LogP contribution >= 0.6 is 0 Å². The van der Waals surface area contributed by atoms with Crippen molar-refractivity contribution in [3.63, 3.8) is 0 Å².